The third-order valence-electron chi connectivity index (χ3n) is 1.11. The molecule has 0 spiro atoms. The number of hydrogen-bond acceptors (Lipinski definition) is 3. The van der Waals surface area contributed by atoms with E-state index in [9.17, 15) is 18.9 Å². The molecule has 0 aliphatic carbocycles. The maximum atomic E-state index is 12.2. The lowest BCUT2D eigenvalue weighted by Crippen LogP contribution is -2.31. The number of halogens is 1. The molecule has 12 heavy (non-hydrogen) atoms. The molecule has 0 saturated carbocycles. The zero-order chi connectivity index (χ0) is 9.30. The second-order valence-electron chi connectivity index (χ2n) is 1.91. The van der Waals surface area contributed by atoms with Gasteiger partial charge >= 0.3 is 11.7 Å². The summed E-state index contributed by atoms with van der Waals surface area (Å²) in [6.45, 7) is 0. The standard InChI is InChI=1S/C5H3FN2O4/c6-8-3(9)1-2(4(10)11)7-5(8)12/h1H,(H,7,12)(H,10,11). The van der Waals surface area contributed by atoms with Crippen LogP contribution in [0.5, 0.6) is 0 Å². The highest BCUT2D eigenvalue weighted by Crippen LogP contribution is 1.83. The van der Waals surface area contributed by atoms with Gasteiger partial charge in [-0.05, 0) is 0 Å². The van der Waals surface area contributed by atoms with Crippen molar-refractivity contribution < 1.29 is 14.4 Å². The van der Waals surface area contributed by atoms with Crippen LogP contribution in [0.3, 0.4) is 0 Å². The lowest BCUT2D eigenvalue weighted by molar-refractivity contribution is 0.0688. The van der Waals surface area contributed by atoms with Gasteiger partial charge in [0.2, 0.25) is 0 Å². The number of H-pyrrole nitrogens is 1. The van der Waals surface area contributed by atoms with E-state index in [4.69, 9.17) is 5.11 Å². The van der Waals surface area contributed by atoms with Crippen LogP contribution in [0.1, 0.15) is 10.5 Å². The molecule has 6 nitrogen and oxygen atoms in total. The molecule has 0 aliphatic heterocycles. The van der Waals surface area contributed by atoms with Crippen molar-refractivity contribution in [2.75, 3.05) is 0 Å². The molecule has 7 heteroatoms. The Balaban J connectivity index is 3.52. The number of carboxylic acids is 1. The Morgan fingerprint density at radius 2 is 2.17 bits per heavy atom. The van der Waals surface area contributed by atoms with Crippen molar-refractivity contribution in [1.29, 1.82) is 0 Å². The molecule has 0 fully saturated rings. The van der Waals surface area contributed by atoms with Gasteiger partial charge in [-0.15, -0.1) is 0 Å². The van der Waals surface area contributed by atoms with E-state index in [-0.39, 0.29) is 0 Å². The molecule has 1 rings (SSSR count). The Bertz CT molecular complexity index is 401. The van der Waals surface area contributed by atoms with Gasteiger partial charge in [-0.25, -0.2) is 9.59 Å². The van der Waals surface area contributed by atoms with E-state index in [0.717, 1.165) is 0 Å². The van der Waals surface area contributed by atoms with Gasteiger partial charge < -0.3 is 5.11 Å². The lowest BCUT2D eigenvalue weighted by Gasteiger charge is -1.92. The third-order valence-corrected chi connectivity index (χ3v) is 1.11. The maximum Gasteiger partial charge on any atom is 0.357 e. The number of rotatable bonds is 1. The van der Waals surface area contributed by atoms with Gasteiger partial charge in [-0.1, -0.05) is 9.27 Å². The average molecular weight is 174 g/mol. The predicted molar refractivity (Wildman–Crippen MR) is 34.8 cm³/mol. The topological polar surface area (TPSA) is 92.2 Å². The number of carbonyl (C=O) groups is 1. The van der Waals surface area contributed by atoms with Crippen LogP contribution in [0.4, 0.5) is 4.48 Å². The Kier molecular flexibility index (Phi) is 1.78. The monoisotopic (exact) mass is 174 g/mol. The normalized spacial score (nSPS) is 9.75. The Labute approximate surface area is 63.8 Å². The Hall–Kier alpha value is -1.92. The summed E-state index contributed by atoms with van der Waals surface area (Å²) in [5.74, 6) is -1.50. The number of aromatic nitrogens is 2. The van der Waals surface area contributed by atoms with E-state index >= 15 is 0 Å². The van der Waals surface area contributed by atoms with E-state index < -0.39 is 27.7 Å². The molecule has 64 valence electrons. The number of aromatic amines is 1. The summed E-state index contributed by atoms with van der Waals surface area (Å²) in [5.41, 5.74) is -3.35. The first-order valence-corrected chi connectivity index (χ1v) is 2.78. The molecule has 0 unspecified atom stereocenters. The second kappa shape index (κ2) is 2.61. The van der Waals surface area contributed by atoms with Gasteiger partial charge in [0.1, 0.15) is 5.69 Å². The van der Waals surface area contributed by atoms with E-state index in [0.29, 0.717) is 6.07 Å². The average Bonchev–Trinajstić information content (AvgIpc) is 1.99. The highest BCUT2D eigenvalue weighted by molar-refractivity contribution is 5.84. The number of hydrogen-bond donors (Lipinski definition) is 2. The molecular weight excluding hydrogens is 171 g/mol. The van der Waals surface area contributed by atoms with Crippen molar-refractivity contribution >= 4 is 5.97 Å². The van der Waals surface area contributed by atoms with Crippen LogP contribution in [0.25, 0.3) is 0 Å². The zero-order valence-electron chi connectivity index (χ0n) is 5.57. The molecule has 0 amide bonds. The molecular formula is C5H3FN2O4. The fraction of sp³-hybridized carbons (Fsp3) is 0. The molecule has 0 aliphatic rings. The van der Waals surface area contributed by atoms with Crippen molar-refractivity contribution in [1.82, 2.24) is 9.77 Å². The molecule has 2 N–H and O–H groups in total. The summed E-state index contributed by atoms with van der Waals surface area (Å²) < 4.78 is 12.2. The van der Waals surface area contributed by atoms with Crippen LogP contribution in [0, 0.1) is 0 Å². The van der Waals surface area contributed by atoms with Gasteiger partial charge in [-0.3, -0.25) is 9.78 Å². The van der Waals surface area contributed by atoms with E-state index in [1.807, 2.05) is 0 Å². The quantitative estimate of drug-likeness (QED) is 0.569. The summed E-state index contributed by atoms with van der Waals surface area (Å²) in [6, 6.07) is 0.476. The molecule has 0 aromatic carbocycles. The van der Waals surface area contributed by atoms with Gasteiger partial charge in [-0.2, -0.15) is 0 Å². The van der Waals surface area contributed by atoms with Crippen molar-refractivity contribution in [3.05, 3.63) is 32.6 Å². The molecule has 0 radical (unpaired) electrons. The van der Waals surface area contributed by atoms with E-state index in [1.54, 1.807) is 4.98 Å². The van der Waals surface area contributed by atoms with Crippen molar-refractivity contribution in [3.8, 4) is 0 Å². The number of nitrogens with one attached hydrogen (secondary N) is 1. The predicted octanol–water partition coefficient (Wildman–Crippen LogP) is -1.03. The highest BCUT2D eigenvalue weighted by atomic mass is 19.2. The summed E-state index contributed by atoms with van der Waals surface area (Å²) >= 11 is 0. The van der Waals surface area contributed by atoms with Crippen LogP contribution in [0.15, 0.2) is 15.7 Å². The van der Waals surface area contributed by atoms with Crippen molar-refractivity contribution in [3.63, 3.8) is 0 Å². The van der Waals surface area contributed by atoms with Gasteiger partial charge in [0.15, 0.2) is 0 Å². The molecule has 0 atom stereocenters. The molecule has 1 aromatic heterocycles. The van der Waals surface area contributed by atoms with Crippen LogP contribution in [-0.2, 0) is 0 Å². The molecule has 1 aromatic rings. The number of carboxylic acid groups (broad SMARTS) is 1. The zero-order valence-corrected chi connectivity index (χ0v) is 5.57. The Morgan fingerprint density at radius 3 is 2.58 bits per heavy atom. The van der Waals surface area contributed by atoms with Crippen molar-refractivity contribution in [2.24, 2.45) is 0 Å². The smallest absolute Gasteiger partial charge is 0.357 e. The second-order valence-corrected chi connectivity index (χ2v) is 1.91. The largest absolute Gasteiger partial charge is 0.477 e. The summed E-state index contributed by atoms with van der Waals surface area (Å²) in [4.78, 5) is 32.0. The Morgan fingerprint density at radius 1 is 1.58 bits per heavy atom. The minimum atomic E-state index is -1.50. The third kappa shape index (κ3) is 1.24. The summed E-state index contributed by atoms with van der Waals surface area (Å²) in [7, 11) is 0. The minimum absolute atomic E-state index is 0.476. The summed E-state index contributed by atoms with van der Waals surface area (Å²) in [5, 5.41) is 8.28. The van der Waals surface area contributed by atoms with E-state index in [1.165, 1.54) is 0 Å². The minimum Gasteiger partial charge on any atom is -0.477 e. The van der Waals surface area contributed by atoms with Crippen LogP contribution in [-0.4, -0.2) is 20.8 Å². The molecule has 0 saturated heterocycles. The van der Waals surface area contributed by atoms with Crippen molar-refractivity contribution in [2.45, 2.75) is 0 Å². The van der Waals surface area contributed by atoms with Gasteiger partial charge in [0.25, 0.3) is 5.56 Å². The fourth-order valence-electron chi connectivity index (χ4n) is 0.596. The first-order valence-electron chi connectivity index (χ1n) is 2.78. The van der Waals surface area contributed by atoms with Gasteiger partial charge in [0, 0.05) is 6.07 Å². The number of aromatic carboxylic acids is 1. The van der Waals surface area contributed by atoms with Crippen LogP contribution < -0.4 is 11.2 Å². The molecule has 0 bridgehead atoms. The van der Waals surface area contributed by atoms with E-state index in [2.05, 4.69) is 0 Å². The first kappa shape index (κ1) is 8.18. The number of nitrogens with zero attached hydrogens (tertiary/aromatic N) is 1. The molecule has 1 heterocycles. The van der Waals surface area contributed by atoms with Crippen LogP contribution >= 0.6 is 0 Å². The highest BCUT2D eigenvalue weighted by Gasteiger charge is 2.08. The lowest BCUT2D eigenvalue weighted by atomic mass is 10.4. The maximum absolute atomic E-state index is 12.2. The fourth-order valence-corrected chi connectivity index (χ4v) is 0.596. The van der Waals surface area contributed by atoms with Gasteiger partial charge in [0.05, 0.1) is 0 Å². The SMILES string of the molecule is O=C(O)c1cc(=O)n(F)c(=O)[nH]1. The first-order chi connectivity index (χ1) is 5.52. The van der Waals surface area contributed by atoms with Crippen LogP contribution in [0.2, 0.25) is 0 Å². The summed E-state index contributed by atoms with van der Waals surface area (Å²) in [6.07, 6.45) is 0.